The second kappa shape index (κ2) is 6.90. The molecule has 0 aromatic heterocycles. The van der Waals surface area contributed by atoms with E-state index in [1.165, 1.54) is 0 Å². The standard InChI is InChI=1S/C20H26N2O3/c1-4-9-21-10-8-20(19(21)24)14-22(13-15(20)2)18(23)12-16-6-5-7-17(11-16)25-3/h4-7,11,15H,1,8-10,12-14H2,2-3H3/t15-,20-/m1/s1. The van der Waals surface area contributed by atoms with Crippen molar-refractivity contribution < 1.29 is 14.3 Å². The van der Waals surface area contributed by atoms with Crippen molar-refractivity contribution in [3.05, 3.63) is 42.5 Å². The summed E-state index contributed by atoms with van der Waals surface area (Å²) in [5.74, 6) is 1.19. The molecule has 2 heterocycles. The summed E-state index contributed by atoms with van der Waals surface area (Å²) in [6, 6.07) is 7.58. The predicted molar refractivity (Wildman–Crippen MR) is 96.3 cm³/mol. The van der Waals surface area contributed by atoms with Gasteiger partial charge in [0.2, 0.25) is 11.8 Å². The molecule has 0 saturated carbocycles. The van der Waals surface area contributed by atoms with Crippen LogP contribution in [0.1, 0.15) is 18.9 Å². The van der Waals surface area contributed by atoms with E-state index >= 15 is 0 Å². The normalized spacial score (nSPS) is 25.7. The van der Waals surface area contributed by atoms with E-state index < -0.39 is 5.41 Å². The van der Waals surface area contributed by atoms with Crippen molar-refractivity contribution >= 4 is 11.8 Å². The summed E-state index contributed by atoms with van der Waals surface area (Å²) in [5.41, 5.74) is 0.525. The van der Waals surface area contributed by atoms with Crippen LogP contribution >= 0.6 is 0 Å². The smallest absolute Gasteiger partial charge is 0.231 e. The van der Waals surface area contributed by atoms with Gasteiger partial charge >= 0.3 is 0 Å². The van der Waals surface area contributed by atoms with Gasteiger partial charge in [-0.3, -0.25) is 9.59 Å². The Morgan fingerprint density at radius 3 is 3.00 bits per heavy atom. The van der Waals surface area contributed by atoms with Crippen LogP contribution in [0.5, 0.6) is 5.75 Å². The van der Waals surface area contributed by atoms with Crippen molar-refractivity contribution in [3.63, 3.8) is 0 Å². The van der Waals surface area contributed by atoms with Crippen molar-refractivity contribution in [1.29, 1.82) is 0 Å². The van der Waals surface area contributed by atoms with Gasteiger partial charge in [-0.2, -0.15) is 0 Å². The van der Waals surface area contributed by atoms with Crippen molar-refractivity contribution in [2.24, 2.45) is 11.3 Å². The molecule has 2 aliphatic heterocycles. The van der Waals surface area contributed by atoms with Gasteiger partial charge in [0.25, 0.3) is 0 Å². The molecule has 5 nitrogen and oxygen atoms in total. The third-order valence-electron chi connectivity index (χ3n) is 5.64. The number of carbonyl (C=O) groups excluding carboxylic acids is 2. The topological polar surface area (TPSA) is 49.9 Å². The minimum absolute atomic E-state index is 0.0759. The van der Waals surface area contributed by atoms with Crippen LogP contribution in [0, 0.1) is 11.3 Å². The third-order valence-corrected chi connectivity index (χ3v) is 5.64. The van der Waals surface area contributed by atoms with E-state index in [0.717, 1.165) is 24.3 Å². The van der Waals surface area contributed by atoms with Gasteiger partial charge in [0.1, 0.15) is 5.75 Å². The Balaban J connectivity index is 1.69. The van der Waals surface area contributed by atoms with Gasteiger partial charge in [0.15, 0.2) is 0 Å². The van der Waals surface area contributed by atoms with Gasteiger partial charge in [-0.25, -0.2) is 0 Å². The van der Waals surface area contributed by atoms with E-state index in [2.05, 4.69) is 13.5 Å². The van der Waals surface area contributed by atoms with Crippen LogP contribution in [-0.2, 0) is 16.0 Å². The summed E-state index contributed by atoms with van der Waals surface area (Å²) in [4.78, 5) is 29.3. The van der Waals surface area contributed by atoms with Gasteiger partial charge in [-0.1, -0.05) is 25.1 Å². The molecule has 134 valence electrons. The molecule has 2 amide bonds. The highest BCUT2D eigenvalue weighted by molar-refractivity contribution is 5.88. The Kier molecular flexibility index (Phi) is 4.84. The van der Waals surface area contributed by atoms with E-state index in [9.17, 15) is 9.59 Å². The van der Waals surface area contributed by atoms with Crippen molar-refractivity contribution in [2.45, 2.75) is 19.8 Å². The number of rotatable bonds is 5. The molecule has 0 bridgehead atoms. The minimum Gasteiger partial charge on any atom is -0.497 e. The first-order chi connectivity index (χ1) is 12.0. The number of nitrogens with zero attached hydrogens (tertiary/aromatic N) is 2. The molecular weight excluding hydrogens is 316 g/mol. The zero-order valence-corrected chi connectivity index (χ0v) is 15.0. The maximum absolute atomic E-state index is 12.9. The number of methoxy groups -OCH3 is 1. The molecule has 1 spiro atoms. The van der Waals surface area contributed by atoms with Crippen LogP contribution in [-0.4, -0.2) is 54.9 Å². The summed E-state index contributed by atoms with van der Waals surface area (Å²) in [5, 5.41) is 0. The largest absolute Gasteiger partial charge is 0.497 e. The Hall–Kier alpha value is -2.30. The highest BCUT2D eigenvalue weighted by Crippen LogP contribution is 2.44. The highest BCUT2D eigenvalue weighted by Gasteiger charge is 2.55. The lowest BCUT2D eigenvalue weighted by Gasteiger charge is -2.26. The van der Waals surface area contributed by atoms with E-state index in [1.807, 2.05) is 34.1 Å². The van der Waals surface area contributed by atoms with E-state index in [0.29, 0.717) is 26.1 Å². The maximum Gasteiger partial charge on any atom is 0.231 e. The first-order valence-electron chi connectivity index (χ1n) is 8.81. The van der Waals surface area contributed by atoms with E-state index in [4.69, 9.17) is 4.74 Å². The van der Waals surface area contributed by atoms with Gasteiger partial charge < -0.3 is 14.5 Å². The summed E-state index contributed by atoms with van der Waals surface area (Å²) in [6.07, 6.45) is 2.93. The Morgan fingerprint density at radius 2 is 2.28 bits per heavy atom. The molecule has 3 rings (SSSR count). The molecule has 2 aliphatic rings. The number of benzene rings is 1. The number of ether oxygens (including phenoxy) is 1. The average Bonchev–Trinajstić information content (AvgIpc) is 3.11. The number of hydrogen-bond donors (Lipinski definition) is 0. The fourth-order valence-electron chi connectivity index (χ4n) is 4.12. The SMILES string of the molecule is C=CCN1CC[C@]2(CN(C(=O)Cc3cccc(OC)c3)C[C@H]2C)C1=O. The number of amides is 2. The van der Waals surface area contributed by atoms with E-state index in [1.54, 1.807) is 13.2 Å². The van der Waals surface area contributed by atoms with Crippen LogP contribution in [0.4, 0.5) is 0 Å². The van der Waals surface area contributed by atoms with Gasteiger partial charge in [-0.05, 0) is 30.0 Å². The Bertz CT molecular complexity index is 687. The zero-order chi connectivity index (χ0) is 18.0. The highest BCUT2D eigenvalue weighted by atomic mass is 16.5. The molecule has 25 heavy (non-hydrogen) atoms. The maximum atomic E-state index is 12.9. The minimum atomic E-state index is -0.410. The Labute approximate surface area is 149 Å². The molecule has 2 saturated heterocycles. The lowest BCUT2D eigenvalue weighted by Crippen LogP contribution is -2.40. The number of hydrogen-bond acceptors (Lipinski definition) is 3. The monoisotopic (exact) mass is 342 g/mol. The molecule has 0 radical (unpaired) electrons. The molecule has 5 heteroatoms. The van der Waals surface area contributed by atoms with Crippen LogP contribution in [0.25, 0.3) is 0 Å². The summed E-state index contributed by atoms with van der Waals surface area (Å²) < 4.78 is 5.22. The lowest BCUT2D eigenvalue weighted by molar-refractivity contribution is -0.137. The molecule has 0 aliphatic carbocycles. The molecule has 0 N–H and O–H groups in total. The summed E-state index contributed by atoms with van der Waals surface area (Å²) in [6.45, 7) is 8.35. The van der Waals surface area contributed by atoms with Crippen LogP contribution in [0.3, 0.4) is 0 Å². The Morgan fingerprint density at radius 1 is 1.48 bits per heavy atom. The molecular formula is C20H26N2O3. The second-order valence-corrected chi connectivity index (χ2v) is 7.15. The molecule has 2 atom stereocenters. The predicted octanol–water partition coefficient (Wildman–Crippen LogP) is 2.12. The van der Waals surface area contributed by atoms with Crippen molar-refractivity contribution in [3.8, 4) is 5.75 Å². The molecule has 1 aromatic carbocycles. The number of carbonyl (C=O) groups is 2. The average molecular weight is 342 g/mol. The van der Waals surface area contributed by atoms with Gasteiger partial charge in [-0.15, -0.1) is 6.58 Å². The third kappa shape index (κ3) is 3.15. The molecule has 1 aromatic rings. The number of likely N-dealkylation sites (tertiary alicyclic amines) is 2. The fourth-order valence-corrected chi connectivity index (χ4v) is 4.12. The summed E-state index contributed by atoms with van der Waals surface area (Å²) in [7, 11) is 1.62. The quantitative estimate of drug-likeness (QED) is 0.770. The van der Waals surface area contributed by atoms with Crippen LogP contribution in [0.15, 0.2) is 36.9 Å². The first-order valence-corrected chi connectivity index (χ1v) is 8.81. The molecule has 0 unspecified atom stereocenters. The van der Waals surface area contributed by atoms with E-state index in [-0.39, 0.29) is 17.7 Å². The van der Waals surface area contributed by atoms with Gasteiger partial charge in [0.05, 0.1) is 18.9 Å². The van der Waals surface area contributed by atoms with Crippen LogP contribution in [0.2, 0.25) is 0 Å². The van der Waals surface area contributed by atoms with Crippen LogP contribution < -0.4 is 4.74 Å². The van der Waals surface area contributed by atoms with Crippen molar-refractivity contribution in [2.75, 3.05) is 33.3 Å². The fraction of sp³-hybridized carbons (Fsp3) is 0.500. The molecule has 2 fully saturated rings. The second-order valence-electron chi connectivity index (χ2n) is 7.15. The summed E-state index contributed by atoms with van der Waals surface area (Å²) >= 11 is 0. The van der Waals surface area contributed by atoms with Crippen molar-refractivity contribution in [1.82, 2.24) is 9.80 Å². The zero-order valence-electron chi connectivity index (χ0n) is 15.0. The van der Waals surface area contributed by atoms with Gasteiger partial charge in [0, 0.05) is 26.2 Å². The first kappa shape index (κ1) is 17.5. The lowest BCUT2D eigenvalue weighted by atomic mass is 9.78.